The summed E-state index contributed by atoms with van der Waals surface area (Å²) < 4.78 is 31.4. The van der Waals surface area contributed by atoms with Crippen molar-refractivity contribution in [1.82, 2.24) is 5.32 Å². The summed E-state index contributed by atoms with van der Waals surface area (Å²) in [6.45, 7) is 0.839. The molecule has 1 aliphatic heterocycles. The first-order chi connectivity index (χ1) is 8.61. The molecule has 1 aromatic rings. The second-order valence-corrected chi connectivity index (χ2v) is 4.42. The fourth-order valence-corrected chi connectivity index (χ4v) is 2.14. The van der Waals surface area contributed by atoms with Gasteiger partial charge in [-0.3, -0.25) is 4.79 Å². The second kappa shape index (κ2) is 5.54. The Bertz CT molecular complexity index is 451. The van der Waals surface area contributed by atoms with Crippen LogP contribution in [0.25, 0.3) is 0 Å². The van der Waals surface area contributed by atoms with Crippen LogP contribution in [0.4, 0.5) is 8.78 Å². The van der Waals surface area contributed by atoms with Crippen molar-refractivity contribution in [2.75, 3.05) is 20.3 Å². The Morgan fingerprint density at radius 3 is 2.89 bits per heavy atom. The maximum Gasteiger partial charge on any atom is 0.144 e. The maximum absolute atomic E-state index is 13.4. The quantitative estimate of drug-likeness (QED) is 0.881. The molecule has 1 aliphatic rings. The van der Waals surface area contributed by atoms with Gasteiger partial charge in [-0.2, -0.15) is 0 Å². The maximum atomic E-state index is 13.4. The highest BCUT2D eigenvalue weighted by atomic mass is 19.1. The lowest BCUT2D eigenvalue weighted by atomic mass is 9.93. The van der Waals surface area contributed by atoms with Gasteiger partial charge in [0.05, 0.1) is 19.1 Å². The van der Waals surface area contributed by atoms with E-state index < -0.39 is 11.6 Å². The molecule has 0 radical (unpaired) electrons. The second-order valence-electron chi connectivity index (χ2n) is 4.42. The molecule has 1 saturated heterocycles. The van der Waals surface area contributed by atoms with E-state index in [1.54, 1.807) is 7.05 Å². The van der Waals surface area contributed by atoms with Gasteiger partial charge in [-0.15, -0.1) is 0 Å². The Morgan fingerprint density at radius 2 is 2.22 bits per heavy atom. The number of ketones is 1. The smallest absolute Gasteiger partial charge is 0.144 e. The van der Waals surface area contributed by atoms with E-state index in [4.69, 9.17) is 4.74 Å². The van der Waals surface area contributed by atoms with Crippen LogP contribution in [0.3, 0.4) is 0 Å². The number of rotatable bonds is 4. The molecule has 0 bridgehead atoms. The number of Topliss-reactive ketones (excluding diaryl/α,β-unsaturated/α-hetero) is 1. The monoisotopic (exact) mass is 255 g/mol. The molecule has 0 spiro atoms. The average molecular weight is 255 g/mol. The summed E-state index contributed by atoms with van der Waals surface area (Å²) in [5, 5.41) is 3.00. The number of carbonyl (C=O) groups is 1. The highest BCUT2D eigenvalue weighted by Gasteiger charge is 2.32. The van der Waals surface area contributed by atoms with E-state index in [-0.39, 0.29) is 29.7 Å². The molecule has 1 N–H and O–H groups in total. The standard InChI is InChI=1S/C13H15F2NO2/c1-16-12-7-18-6-10(12)13(17)4-8-2-3-9(14)5-11(8)15/h2-3,5,10,12,16H,4,6-7H2,1H3. The predicted molar refractivity (Wildman–Crippen MR) is 62.2 cm³/mol. The number of benzene rings is 1. The zero-order chi connectivity index (χ0) is 13.1. The molecule has 0 amide bonds. The molecule has 0 saturated carbocycles. The molecule has 1 fully saturated rings. The lowest BCUT2D eigenvalue weighted by Gasteiger charge is -2.15. The fraction of sp³-hybridized carbons (Fsp3) is 0.462. The molecule has 0 aromatic heterocycles. The van der Waals surface area contributed by atoms with Gasteiger partial charge in [0.15, 0.2) is 0 Å². The van der Waals surface area contributed by atoms with E-state index >= 15 is 0 Å². The number of halogens is 2. The van der Waals surface area contributed by atoms with Crippen molar-refractivity contribution in [2.45, 2.75) is 12.5 Å². The van der Waals surface area contributed by atoms with Crippen molar-refractivity contribution in [3.8, 4) is 0 Å². The molecule has 1 heterocycles. The predicted octanol–water partition coefficient (Wildman–Crippen LogP) is 1.31. The first-order valence-electron chi connectivity index (χ1n) is 5.83. The van der Waals surface area contributed by atoms with Crippen molar-refractivity contribution >= 4 is 5.78 Å². The van der Waals surface area contributed by atoms with Gasteiger partial charge in [0.1, 0.15) is 17.4 Å². The summed E-state index contributed by atoms with van der Waals surface area (Å²) in [6.07, 6.45) is -0.0294. The Labute approximate surface area is 104 Å². The summed E-state index contributed by atoms with van der Waals surface area (Å²) in [5.41, 5.74) is 0.225. The first kappa shape index (κ1) is 13.1. The normalized spacial score (nSPS) is 23.3. The van der Waals surface area contributed by atoms with Crippen LogP contribution in [-0.4, -0.2) is 32.1 Å². The van der Waals surface area contributed by atoms with Gasteiger partial charge >= 0.3 is 0 Å². The van der Waals surface area contributed by atoms with Crippen LogP contribution in [-0.2, 0) is 16.0 Å². The highest BCUT2D eigenvalue weighted by molar-refractivity contribution is 5.84. The van der Waals surface area contributed by atoms with Crippen molar-refractivity contribution in [1.29, 1.82) is 0 Å². The van der Waals surface area contributed by atoms with Crippen LogP contribution in [0.2, 0.25) is 0 Å². The summed E-state index contributed by atoms with van der Waals surface area (Å²) in [5.74, 6) is -1.67. The molecule has 5 heteroatoms. The molecule has 2 rings (SSSR count). The van der Waals surface area contributed by atoms with E-state index in [9.17, 15) is 13.6 Å². The molecule has 2 unspecified atom stereocenters. The van der Waals surface area contributed by atoms with E-state index in [1.807, 2.05) is 0 Å². The van der Waals surface area contributed by atoms with Crippen molar-refractivity contribution in [2.24, 2.45) is 5.92 Å². The SMILES string of the molecule is CNC1COCC1C(=O)Cc1ccc(F)cc1F. The number of carbonyl (C=O) groups excluding carboxylic acids is 1. The third-order valence-electron chi connectivity index (χ3n) is 3.24. The Balaban J connectivity index is 2.07. The summed E-state index contributed by atoms with van der Waals surface area (Å²) in [7, 11) is 1.76. The molecular weight excluding hydrogens is 240 g/mol. The fourth-order valence-electron chi connectivity index (χ4n) is 2.14. The summed E-state index contributed by atoms with van der Waals surface area (Å²) in [6, 6.07) is 3.24. The molecule has 0 aliphatic carbocycles. The molecule has 98 valence electrons. The van der Waals surface area contributed by atoms with Gasteiger partial charge in [0.25, 0.3) is 0 Å². The lowest BCUT2D eigenvalue weighted by Crippen LogP contribution is -2.37. The van der Waals surface area contributed by atoms with Crippen LogP contribution >= 0.6 is 0 Å². The molecule has 2 atom stereocenters. The van der Waals surface area contributed by atoms with Crippen LogP contribution in [0.1, 0.15) is 5.56 Å². The topological polar surface area (TPSA) is 38.3 Å². The van der Waals surface area contributed by atoms with E-state index in [0.29, 0.717) is 13.2 Å². The molecular formula is C13H15F2NO2. The first-order valence-corrected chi connectivity index (χ1v) is 5.83. The zero-order valence-electron chi connectivity index (χ0n) is 10.1. The lowest BCUT2D eigenvalue weighted by molar-refractivity contribution is -0.122. The van der Waals surface area contributed by atoms with Gasteiger partial charge in [0, 0.05) is 18.5 Å². The van der Waals surface area contributed by atoms with Gasteiger partial charge in [-0.25, -0.2) is 8.78 Å². The Morgan fingerprint density at radius 1 is 1.44 bits per heavy atom. The van der Waals surface area contributed by atoms with Crippen molar-refractivity contribution in [3.05, 3.63) is 35.4 Å². The van der Waals surface area contributed by atoms with Crippen LogP contribution in [0.15, 0.2) is 18.2 Å². The Kier molecular flexibility index (Phi) is 4.04. The number of ether oxygens (including phenoxy) is 1. The van der Waals surface area contributed by atoms with E-state index in [0.717, 1.165) is 12.1 Å². The van der Waals surface area contributed by atoms with Crippen molar-refractivity contribution in [3.63, 3.8) is 0 Å². The van der Waals surface area contributed by atoms with Gasteiger partial charge in [-0.1, -0.05) is 6.07 Å². The zero-order valence-corrected chi connectivity index (χ0v) is 10.1. The minimum absolute atomic E-state index is 0.0268. The highest BCUT2D eigenvalue weighted by Crippen LogP contribution is 2.18. The van der Waals surface area contributed by atoms with Crippen LogP contribution in [0.5, 0.6) is 0 Å². The third kappa shape index (κ3) is 2.73. The van der Waals surface area contributed by atoms with E-state index in [2.05, 4.69) is 5.32 Å². The van der Waals surface area contributed by atoms with Gasteiger partial charge < -0.3 is 10.1 Å². The van der Waals surface area contributed by atoms with Gasteiger partial charge in [-0.05, 0) is 18.7 Å². The van der Waals surface area contributed by atoms with Crippen molar-refractivity contribution < 1.29 is 18.3 Å². The molecule has 1 aromatic carbocycles. The summed E-state index contributed by atoms with van der Waals surface area (Å²) in [4.78, 5) is 12.0. The number of nitrogens with one attached hydrogen (secondary N) is 1. The molecule has 18 heavy (non-hydrogen) atoms. The minimum Gasteiger partial charge on any atom is -0.379 e. The van der Waals surface area contributed by atoms with Crippen LogP contribution < -0.4 is 5.32 Å². The minimum atomic E-state index is -0.678. The average Bonchev–Trinajstić information content (AvgIpc) is 2.81. The number of likely N-dealkylation sites (N-methyl/N-ethyl adjacent to an activating group) is 1. The molecule has 3 nitrogen and oxygen atoms in total. The Hall–Kier alpha value is -1.33. The largest absolute Gasteiger partial charge is 0.379 e. The summed E-state index contributed by atoms with van der Waals surface area (Å²) >= 11 is 0. The van der Waals surface area contributed by atoms with E-state index in [1.165, 1.54) is 6.07 Å². The number of hydrogen-bond donors (Lipinski definition) is 1. The number of hydrogen-bond acceptors (Lipinski definition) is 3. The van der Waals surface area contributed by atoms with Crippen LogP contribution in [0, 0.1) is 17.6 Å². The van der Waals surface area contributed by atoms with Gasteiger partial charge in [0.2, 0.25) is 0 Å². The third-order valence-corrected chi connectivity index (χ3v) is 3.24.